The van der Waals surface area contributed by atoms with Gasteiger partial charge in [0.15, 0.2) is 0 Å². The lowest BCUT2D eigenvalue weighted by Gasteiger charge is -2.57. The van der Waals surface area contributed by atoms with Gasteiger partial charge in [-0.1, -0.05) is 6.92 Å². The van der Waals surface area contributed by atoms with E-state index in [4.69, 9.17) is 0 Å². The van der Waals surface area contributed by atoms with Crippen LogP contribution in [0, 0.1) is 5.41 Å². The van der Waals surface area contributed by atoms with Crippen molar-refractivity contribution in [1.29, 1.82) is 0 Å². The van der Waals surface area contributed by atoms with E-state index in [1.807, 2.05) is 6.20 Å². The molecule has 4 rings (SSSR count). The van der Waals surface area contributed by atoms with Gasteiger partial charge in [0.25, 0.3) is 0 Å². The number of anilines is 1. The van der Waals surface area contributed by atoms with Crippen LogP contribution in [0.15, 0.2) is 12.5 Å². The monoisotopic (exact) mass is 272 g/mol. The van der Waals surface area contributed by atoms with E-state index in [0.29, 0.717) is 6.04 Å². The van der Waals surface area contributed by atoms with E-state index in [1.54, 1.807) is 6.33 Å². The molecule has 5 nitrogen and oxygen atoms in total. The van der Waals surface area contributed by atoms with Crippen LogP contribution in [0.25, 0.3) is 11.0 Å². The maximum absolute atomic E-state index is 9.86. The van der Waals surface area contributed by atoms with E-state index in [2.05, 4.69) is 27.2 Å². The quantitative estimate of drug-likeness (QED) is 0.801. The molecule has 0 amide bonds. The minimum absolute atomic E-state index is 0.0792. The summed E-state index contributed by atoms with van der Waals surface area (Å²) in [6.07, 6.45) is 8.78. The third-order valence-corrected chi connectivity index (χ3v) is 5.20. The second-order valence-electron chi connectivity index (χ2n) is 6.28. The standard InChI is InChI=1S/C15H20N4O/c1-2-9-7-16-13-12(9)14(18-8-17-13)19-10-5-15(6-10)4-3-11(15)20/h7-8,10-11,20H,2-6H2,1H3,(H2,16,17,18,19). The third kappa shape index (κ3) is 1.59. The first-order valence-electron chi connectivity index (χ1n) is 7.47. The molecular weight excluding hydrogens is 252 g/mol. The number of aromatic nitrogens is 3. The van der Waals surface area contributed by atoms with E-state index >= 15 is 0 Å². The Labute approximate surface area is 117 Å². The van der Waals surface area contributed by atoms with Crippen LogP contribution in [0.2, 0.25) is 0 Å². The average molecular weight is 272 g/mol. The molecule has 2 fully saturated rings. The third-order valence-electron chi connectivity index (χ3n) is 5.20. The summed E-state index contributed by atoms with van der Waals surface area (Å²) in [6, 6.07) is 0.433. The molecule has 20 heavy (non-hydrogen) atoms. The number of nitrogens with one attached hydrogen (secondary N) is 2. The molecule has 2 aromatic rings. The summed E-state index contributed by atoms with van der Waals surface area (Å²) < 4.78 is 0. The first-order chi connectivity index (χ1) is 9.72. The number of aliphatic hydroxyl groups is 1. The number of aromatic amines is 1. The fourth-order valence-corrected chi connectivity index (χ4v) is 3.79. The van der Waals surface area contributed by atoms with Crippen LogP contribution in [-0.4, -0.2) is 32.2 Å². The minimum Gasteiger partial charge on any atom is -0.393 e. The van der Waals surface area contributed by atoms with E-state index in [-0.39, 0.29) is 11.5 Å². The Kier molecular flexibility index (Phi) is 2.54. The van der Waals surface area contributed by atoms with E-state index < -0.39 is 0 Å². The van der Waals surface area contributed by atoms with Gasteiger partial charge in [0, 0.05) is 17.7 Å². The second kappa shape index (κ2) is 4.19. The van der Waals surface area contributed by atoms with Crippen LogP contribution in [0.5, 0.6) is 0 Å². The first-order valence-corrected chi connectivity index (χ1v) is 7.47. The second-order valence-corrected chi connectivity index (χ2v) is 6.28. The lowest BCUT2D eigenvalue weighted by molar-refractivity contribution is -0.121. The van der Waals surface area contributed by atoms with Gasteiger partial charge in [0.05, 0.1) is 11.5 Å². The molecular formula is C15H20N4O. The minimum atomic E-state index is -0.0792. The summed E-state index contributed by atoms with van der Waals surface area (Å²) in [5.74, 6) is 0.932. The lowest BCUT2D eigenvalue weighted by Crippen LogP contribution is -2.57. The highest BCUT2D eigenvalue weighted by atomic mass is 16.3. The average Bonchev–Trinajstić information content (AvgIpc) is 2.84. The summed E-state index contributed by atoms with van der Waals surface area (Å²) in [6.45, 7) is 2.14. The van der Waals surface area contributed by atoms with Crippen LogP contribution in [-0.2, 0) is 6.42 Å². The largest absolute Gasteiger partial charge is 0.393 e. The summed E-state index contributed by atoms with van der Waals surface area (Å²) in [7, 11) is 0. The first kappa shape index (κ1) is 12.1. The fourth-order valence-electron chi connectivity index (χ4n) is 3.79. The van der Waals surface area contributed by atoms with Crippen LogP contribution in [0.3, 0.4) is 0 Å². The van der Waals surface area contributed by atoms with Gasteiger partial charge in [0.1, 0.15) is 17.8 Å². The zero-order chi connectivity index (χ0) is 13.7. The highest BCUT2D eigenvalue weighted by Gasteiger charge is 2.54. The highest BCUT2D eigenvalue weighted by Crippen LogP contribution is 2.56. The van der Waals surface area contributed by atoms with E-state index in [1.165, 1.54) is 12.0 Å². The number of hydrogen-bond donors (Lipinski definition) is 3. The SMILES string of the molecule is CCc1c[nH]c2ncnc(NC3CC4(CCC4O)C3)c12. The van der Waals surface area contributed by atoms with Crippen molar-refractivity contribution < 1.29 is 5.11 Å². The van der Waals surface area contributed by atoms with Gasteiger partial charge in [-0.15, -0.1) is 0 Å². The lowest BCUT2D eigenvalue weighted by atomic mass is 9.52. The van der Waals surface area contributed by atoms with Gasteiger partial charge in [-0.3, -0.25) is 0 Å². The molecule has 1 atom stereocenters. The number of aliphatic hydroxyl groups excluding tert-OH is 1. The Hall–Kier alpha value is -1.62. The number of hydrogen-bond acceptors (Lipinski definition) is 4. The number of fused-ring (bicyclic) bond motifs is 1. The molecule has 3 N–H and O–H groups in total. The maximum atomic E-state index is 9.86. The van der Waals surface area contributed by atoms with E-state index in [9.17, 15) is 5.11 Å². The molecule has 0 radical (unpaired) electrons. The topological polar surface area (TPSA) is 73.8 Å². The Bertz CT molecular complexity index is 644. The summed E-state index contributed by atoms with van der Waals surface area (Å²) in [5.41, 5.74) is 2.37. The molecule has 0 aliphatic heterocycles. The Balaban J connectivity index is 1.56. The number of aryl methyl sites for hydroxylation is 1. The molecule has 2 heterocycles. The van der Waals surface area contributed by atoms with Gasteiger partial charge in [-0.05, 0) is 37.7 Å². The van der Waals surface area contributed by atoms with Gasteiger partial charge in [-0.2, -0.15) is 0 Å². The van der Waals surface area contributed by atoms with Gasteiger partial charge < -0.3 is 15.4 Å². The van der Waals surface area contributed by atoms with Crippen LogP contribution >= 0.6 is 0 Å². The number of rotatable bonds is 3. The summed E-state index contributed by atoms with van der Waals surface area (Å²) in [5, 5.41) is 14.5. The summed E-state index contributed by atoms with van der Waals surface area (Å²) >= 11 is 0. The van der Waals surface area contributed by atoms with Crippen molar-refractivity contribution in [3.05, 3.63) is 18.1 Å². The van der Waals surface area contributed by atoms with Crippen molar-refractivity contribution in [2.75, 3.05) is 5.32 Å². The predicted molar refractivity (Wildman–Crippen MR) is 77.6 cm³/mol. The van der Waals surface area contributed by atoms with Crippen molar-refractivity contribution >= 4 is 16.9 Å². The van der Waals surface area contributed by atoms with Gasteiger partial charge in [0.2, 0.25) is 0 Å². The van der Waals surface area contributed by atoms with Crippen molar-refractivity contribution in [2.45, 2.75) is 51.2 Å². The molecule has 5 heteroatoms. The smallest absolute Gasteiger partial charge is 0.143 e. The molecule has 2 aliphatic rings. The highest BCUT2D eigenvalue weighted by molar-refractivity contribution is 5.90. The zero-order valence-electron chi connectivity index (χ0n) is 11.7. The Morgan fingerprint density at radius 3 is 2.95 bits per heavy atom. The Morgan fingerprint density at radius 2 is 2.30 bits per heavy atom. The fraction of sp³-hybridized carbons (Fsp3) is 0.600. The molecule has 2 aliphatic carbocycles. The molecule has 1 spiro atoms. The zero-order valence-corrected chi connectivity index (χ0v) is 11.7. The number of H-pyrrole nitrogens is 1. The van der Waals surface area contributed by atoms with Crippen molar-refractivity contribution in [3.63, 3.8) is 0 Å². The molecule has 0 saturated heterocycles. The normalized spacial score (nSPS) is 32.1. The number of nitrogens with zero attached hydrogens (tertiary/aromatic N) is 2. The van der Waals surface area contributed by atoms with Crippen molar-refractivity contribution in [2.24, 2.45) is 5.41 Å². The molecule has 1 unspecified atom stereocenters. The van der Waals surface area contributed by atoms with Crippen molar-refractivity contribution in [1.82, 2.24) is 15.0 Å². The van der Waals surface area contributed by atoms with E-state index in [0.717, 1.165) is 42.5 Å². The van der Waals surface area contributed by atoms with Crippen LogP contribution < -0.4 is 5.32 Å². The predicted octanol–water partition coefficient (Wildman–Crippen LogP) is 2.24. The van der Waals surface area contributed by atoms with Crippen molar-refractivity contribution in [3.8, 4) is 0 Å². The Morgan fingerprint density at radius 1 is 1.45 bits per heavy atom. The molecule has 0 bridgehead atoms. The summed E-state index contributed by atoms with van der Waals surface area (Å²) in [4.78, 5) is 11.9. The maximum Gasteiger partial charge on any atom is 0.143 e. The molecule has 106 valence electrons. The molecule has 0 aromatic carbocycles. The van der Waals surface area contributed by atoms with Gasteiger partial charge >= 0.3 is 0 Å². The van der Waals surface area contributed by atoms with Crippen LogP contribution in [0.4, 0.5) is 5.82 Å². The van der Waals surface area contributed by atoms with Crippen LogP contribution in [0.1, 0.15) is 38.2 Å². The van der Waals surface area contributed by atoms with Gasteiger partial charge in [-0.25, -0.2) is 9.97 Å². The molecule has 2 saturated carbocycles. The molecule has 2 aromatic heterocycles.